The Hall–Kier alpha value is -2.42. The summed E-state index contributed by atoms with van der Waals surface area (Å²) >= 11 is 6.04. The van der Waals surface area contributed by atoms with Crippen LogP contribution in [-0.2, 0) is 14.8 Å². The zero-order valence-corrected chi connectivity index (χ0v) is 21.5. The molecule has 7 nitrogen and oxygen atoms in total. The van der Waals surface area contributed by atoms with E-state index in [2.05, 4.69) is 31.3 Å². The Morgan fingerprint density at radius 2 is 1.79 bits per heavy atom. The number of likely N-dealkylation sites (tertiary alicyclic amines) is 1. The Kier molecular flexibility index (Phi) is 7.75. The highest BCUT2D eigenvalue weighted by molar-refractivity contribution is 7.89. The standard InChI is InChI=1S/C25H32ClN3O4S/c1-16(17(2)28-23(30)19-6-5-7-21(14-19)34(27,32)33)24(31)29-13-12-22(25(3,4)15-29)18-8-10-20(26)11-9-18/h5-11,14,16-17,22H,12-13,15H2,1-4H3,(H,28,30)(H2,27,32,33)/t16?,17-,22?/m1/s1. The van der Waals surface area contributed by atoms with Crippen LogP contribution in [0.3, 0.4) is 0 Å². The van der Waals surface area contributed by atoms with Crippen LogP contribution in [0.25, 0.3) is 0 Å². The molecule has 3 atom stereocenters. The summed E-state index contributed by atoms with van der Waals surface area (Å²) in [5.41, 5.74) is 1.27. The van der Waals surface area contributed by atoms with Crippen molar-refractivity contribution < 1.29 is 18.0 Å². The molecular formula is C25H32ClN3O4S. The lowest BCUT2D eigenvalue weighted by atomic mass is 9.70. The zero-order valence-electron chi connectivity index (χ0n) is 19.9. The number of nitrogens with zero attached hydrogens (tertiary/aromatic N) is 1. The van der Waals surface area contributed by atoms with Crippen LogP contribution in [-0.4, -0.2) is 44.3 Å². The summed E-state index contributed by atoms with van der Waals surface area (Å²) in [6.45, 7) is 9.15. The van der Waals surface area contributed by atoms with Crippen LogP contribution in [0.5, 0.6) is 0 Å². The first-order valence-corrected chi connectivity index (χ1v) is 13.2. The first-order valence-electron chi connectivity index (χ1n) is 11.3. The highest BCUT2D eigenvalue weighted by Crippen LogP contribution is 2.42. The van der Waals surface area contributed by atoms with Gasteiger partial charge in [0.05, 0.1) is 10.8 Å². The van der Waals surface area contributed by atoms with Crippen molar-refractivity contribution in [2.24, 2.45) is 16.5 Å². The van der Waals surface area contributed by atoms with Gasteiger partial charge >= 0.3 is 0 Å². The topological polar surface area (TPSA) is 110 Å². The molecule has 0 aliphatic carbocycles. The van der Waals surface area contributed by atoms with Crippen molar-refractivity contribution in [3.05, 3.63) is 64.7 Å². The van der Waals surface area contributed by atoms with Gasteiger partial charge in [0, 0.05) is 29.7 Å². The van der Waals surface area contributed by atoms with E-state index in [1.54, 1.807) is 13.8 Å². The van der Waals surface area contributed by atoms with Crippen molar-refractivity contribution in [1.29, 1.82) is 0 Å². The van der Waals surface area contributed by atoms with Gasteiger partial charge in [0.2, 0.25) is 15.9 Å². The van der Waals surface area contributed by atoms with Gasteiger partial charge in [0.25, 0.3) is 5.91 Å². The predicted molar refractivity (Wildman–Crippen MR) is 133 cm³/mol. The largest absolute Gasteiger partial charge is 0.349 e. The summed E-state index contributed by atoms with van der Waals surface area (Å²) in [6, 6.07) is 13.0. The number of amides is 2. The molecule has 2 aromatic carbocycles. The molecule has 2 unspecified atom stereocenters. The monoisotopic (exact) mass is 505 g/mol. The molecule has 9 heteroatoms. The van der Waals surface area contributed by atoms with Gasteiger partial charge in [0.1, 0.15) is 0 Å². The van der Waals surface area contributed by atoms with Gasteiger partial charge in [-0.1, -0.05) is 50.6 Å². The number of benzene rings is 2. The second-order valence-electron chi connectivity index (χ2n) is 9.76. The van der Waals surface area contributed by atoms with E-state index in [0.717, 1.165) is 6.42 Å². The SMILES string of the molecule is CC(C(=O)N1CCC(c2ccc(Cl)cc2)C(C)(C)C1)[C@@H](C)NC(=O)c1cccc(S(N)(=O)=O)c1. The van der Waals surface area contributed by atoms with Crippen LogP contribution in [0.2, 0.25) is 5.02 Å². The third kappa shape index (κ3) is 5.98. The fraction of sp³-hybridized carbons (Fsp3) is 0.440. The number of nitrogens with two attached hydrogens (primary N) is 1. The molecule has 1 aliphatic rings. The summed E-state index contributed by atoms with van der Waals surface area (Å²) < 4.78 is 23.1. The van der Waals surface area contributed by atoms with E-state index in [-0.39, 0.29) is 21.8 Å². The minimum Gasteiger partial charge on any atom is -0.349 e. The number of hydrogen-bond donors (Lipinski definition) is 2. The number of sulfonamides is 1. The zero-order chi connectivity index (χ0) is 25.3. The van der Waals surface area contributed by atoms with E-state index in [9.17, 15) is 18.0 Å². The lowest BCUT2D eigenvalue weighted by Gasteiger charge is -2.45. The van der Waals surface area contributed by atoms with Gasteiger partial charge < -0.3 is 10.2 Å². The first-order chi connectivity index (χ1) is 15.8. The van der Waals surface area contributed by atoms with Crippen molar-refractivity contribution in [3.8, 4) is 0 Å². The van der Waals surface area contributed by atoms with E-state index < -0.39 is 27.9 Å². The number of piperidine rings is 1. The molecule has 0 bridgehead atoms. The second kappa shape index (κ2) is 10.1. The van der Waals surface area contributed by atoms with Gasteiger partial charge in [-0.2, -0.15) is 0 Å². The molecule has 1 saturated heterocycles. The van der Waals surface area contributed by atoms with Crippen molar-refractivity contribution in [2.75, 3.05) is 13.1 Å². The number of carbonyl (C=O) groups is 2. The van der Waals surface area contributed by atoms with Crippen LogP contribution in [0.1, 0.15) is 56.0 Å². The average molecular weight is 506 g/mol. The molecule has 1 aliphatic heterocycles. The molecule has 0 aromatic heterocycles. The molecule has 1 fully saturated rings. The molecule has 3 rings (SSSR count). The molecule has 0 spiro atoms. The van der Waals surface area contributed by atoms with Gasteiger partial charge in [-0.3, -0.25) is 9.59 Å². The summed E-state index contributed by atoms with van der Waals surface area (Å²) in [4.78, 5) is 27.7. The fourth-order valence-electron chi connectivity index (χ4n) is 4.59. The van der Waals surface area contributed by atoms with E-state index in [1.165, 1.54) is 29.8 Å². The van der Waals surface area contributed by atoms with Gasteiger partial charge in [-0.25, -0.2) is 13.6 Å². The Bertz CT molecular complexity index is 1160. The lowest BCUT2D eigenvalue weighted by Crippen LogP contribution is -2.52. The fourth-order valence-corrected chi connectivity index (χ4v) is 5.27. The maximum atomic E-state index is 13.3. The normalized spacial score (nSPS) is 19.8. The number of halogens is 1. The van der Waals surface area contributed by atoms with E-state index in [4.69, 9.17) is 16.7 Å². The van der Waals surface area contributed by atoms with E-state index in [0.29, 0.717) is 24.0 Å². The van der Waals surface area contributed by atoms with Crippen LogP contribution in [0.4, 0.5) is 0 Å². The number of primary sulfonamides is 1. The van der Waals surface area contributed by atoms with Crippen molar-refractivity contribution in [1.82, 2.24) is 10.2 Å². The third-order valence-corrected chi connectivity index (χ3v) is 7.90. The summed E-state index contributed by atoms with van der Waals surface area (Å²) in [7, 11) is -3.92. The minimum atomic E-state index is -3.92. The maximum absolute atomic E-state index is 13.3. The predicted octanol–water partition coefficient (Wildman–Crippen LogP) is 3.78. The molecule has 3 N–H and O–H groups in total. The number of carbonyl (C=O) groups excluding carboxylic acids is 2. The van der Waals surface area contributed by atoms with Crippen LogP contribution >= 0.6 is 11.6 Å². The summed E-state index contributed by atoms with van der Waals surface area (Å²) in [5, 5.41) is 8.68. The highest BCUT2D eigenvalue weighted by atomic mass is 35.5. The lowest BCUT2D eigenvalue weighted by molar-refractivity contribution is -0.139. The van der Waals surface area contributed by atoms with Gasteiger partial charge in [-0.15, -0.1) is 0 Å². The maximum Gasteiger partial charge on any atom is 0.251 e. The Morgan fingerprint density at radius 3 is 2.38 bits per heavy atom. The van der Waals surface area contributed by atoms with Crippen molar-refractivity contribution in [2.45, 2.75) is 51.0 Å². The average Bonchev–Trinajstić information content (AvgIpc) is 2.77. The third-order valence-electron chi connectivity index (χ3n) is 6.74. The Morgan fingerprint density at radius 1 is 1.15 bits per heavy atom. The Labute approximate surface area is 206 Å². The molecule has 2 aromatic rings. The van der Waals surface area contributed by atoms with E-state index >= 15 is 0 Å². The van der Waals surface area contributed by atoms with Crippen LogP contribution in [0.15, 0.2) is 53.4 Å². The van der Waals surface area contributed by atoms with Gasteiger partial charge in [0.15, 0.2) is 0 Å². The minimum absolute atomic E-state index is 0.0197. The smallest absolute Gasteiger partial charge is 0.251 e. The van der Waals surface area contributed by atoms with Crippen LogP contribution in [0, 0.1) is 11.3 Å². The summed E-state index contributed by atoms with van der Waals surface area (Å²) in [5.74, 6) is -0.617. The number of nitrogens with one attached hydrogen (secondary N) is 1. The van der Waals surface area contributed by atoms with Crippen molar-refractivity contribution in [3.63, 3.8) is 0 Å². The first kappa shape index (κ1) is 26.2. The molecule has 1 heterocycles. The number of rotatable bonds is 6. The second-order valence-corrected chi connectivity index (χ2v) is 11.8. The number of hydrogen-bond acceptors (Lipinski definition) is 4. The molecule has 2 amide bonds. The van der Waals surface area contributed by atoms with E-state index in [1.807, 2.05) is 17.0 Å². The molecule has 34 heavy (non-hydrogen) atoms. The highest BCUT2D eigenvalue weighted by Gasteiger charge is 2.39. The Balaban J connectivity index is 1.65. The van der Waals surface area contributed by atoms with Crippen molar-refractivity contribution >= 4 is 33.4 Å². The van der Waals surface area contributed by atoms with Crippen LogP contribution < -0.4 is 10.5 Å². The molecule has 184 valence electrons. The molecule has 0 saturated carbocycles. The quantitative estimate of drug-likeness (QED) is 0.622. The molecule has 0 radical (unpaired) electrons. The summed E-state index contributed by atoms with van der Waals surface area (Å²) in [6.07, 6.45) is 0.841. The molecular weight excluding hydrogens is 474 g/mol. The van der Waals surface area contributed by atoms with Gasteiger partial charge in [-0.05, 0) is 60.6 Å².